The summed E-state index contributed by atoms with van der Waals surface area (Å²) < 4.78 is 5.77. The van der Waals surface area contributed by atoms with Gasteiger partial charge in [-0.2, -0.15) is 0 Å². The molecule has 7 unspecified atom stereocenters. The van der Waals surface area contributed by atoms with E-state index >= 15 is 0 Å². The lowest BCUT2D eigenvalue weighted by molar-refractivity contribution is -0.125. The molecule has 0 aromatic heterocycles. The Labute approximate surface area is 192 Å². The van der Waals surface area contributed by atoms with E-state index in [0.717, 1.165) is 53.6 Å². The molecule has 0 aliphatic heterocycles. The van der Waals surface area contributed by atoms with Gasteiger partial charge in [-0.25, -0.2) is 0 Å². The van der Waals surface area contributed by atoms with E-state index in [9.17, 15) is 0 Å². The fourth-order valence-corrected chi connectivity index (χ4v) is 10.4. The maximum Gasteiger partial charge on any atom is 0.0572 e. The Morgan fingerprint density at radius 1 is 0.516 bits per heavy atom. The molecule has 6 fully saturated rings. The highest BCUT2D eigenvalue weighted by molar-refractivity contribution is 5.06. The molecule has 31 heavy (non-hydrogen) atoms. The van der Waals surface area contributed by atoms with Crippen LogP contribution in [-0.4, -0.2) is 36.2 Å². The highest BCUT2D eigenvalue weighted by Gasteiger charge is 2.55. The average Bonchev–Trinajstić information content (AvgIpc) is 2.84. The lowest BCUT2D eigenvalue weighted by Gasteiger charge is -2.62. The van der Waals surface area contributed by atoms with Gasteiger partial charge in [-0.05, 0) is 113 Å². The van der Waals surface area contributed by atoms with Crippen LogP contribution >= 0.6 is 0 Å². The van der Waals surface area contributed by atoms with Crippen LogP contribution in [0.15, 0.2) is 0 Å². The third kappa shape index (κ3) is 3.94. The fourth-order valence-electron chi connectivity index (χ4n) is 10.4. The van der Waals surface area contributed by atoms with Crippen LogP contribution in [-0.2, 0) is 4.74 Å². The minimum Gasteiger partial charge on any atom is -0.381 e. The highest BCUT2D eigenvalue weighted by atomic mass is 16.5. The van der Waals surface area contributed by atoms with Crippen LogP contribution in [0.4, 0.5) is 0 Å². The van der Waals surface area contributed by atoms with Crippen molar-refractivity contribution in [3.63, 3.8) is 0 Å². The van der Waals surface area contributed by atoms with Gasteiger partial charge in [0.2, 0.25) is 0 Å². The Hall–Kier alpha value is -0.0800. The van der Waals surface area contributed by atoms with Crippen molar-refractivity contribution < 1.29 is 4.74 Å². The van der Waals surface area contributed by atoms with Gasteiger partial charge in [-0.15, -0.1) is 0 Å². The zero-order valence-corrected chi connectivity index (χ0v) is 20.4. The van der Waals surface area contributed by atoms with Gasteiger partial charge in [0.25, 0.3) is 0 Å². The third-order valence-electron chi connectivity index (χ3n) is 11.6. The molecule has 6 aliphatic carbocycles. The summed E-state index contributed by atoms with van der Waals surface area (Å²) in [7, 11) is 1.94. The molecule has 176 valence electrons. The molecule has 0 aromatic rings. The predicted molar refractivity (Wildman–Crippen MR) is 128 cm³/mol. The molecule has 0 bridgehead atoms. The van der Waals surface area contributed by atoms with Crippen LogP contribution in [0.3, 0.4) is 0 Å². The van der Waals surface area contributed by atoms with Gasteiger partial charge in [0.15, 0.2) is 0 Å². The monoisotopic (exact) mass is 427 g/mol. The second kappa shape index (κ2) is 9.28. The van der Waals surface area contributed by atoms with Gasteiger partial charge >= 0.3 is 0 Å². The van der Waals surface area contributed by atoms with E-state index in [-0.39, 0.29) is 0 Å². The summed E-state index contributed by atoms with van der Waals surface area (Å²) in [5.41, 5.74) is 0. The molecular formula is C29H49NO. The second-order valence-corrected chi connectivity index (χ2v) is 12.7. The summed E-state index contributed by atoms with van der Waals surface area (Å²) in [6.45, 7) is 0. The highest BCUT2D eigenvalue weighted by Crippen LogP contribution is 2.61. The quantitative estimate of drug-likeness (QED) is 0.470. The summed E-state index contributed by atoms with van der Waals surface area (Å²) in [6.07, 6.45) is 27.6. The molecule has 0 spiro atoms. The molecule has 0 aromatic carbocycles. The average molecular weight is 428 g/mol. The zero-order valence-electron chi connectivity index (χ0n) is 20.4. The van der Waals surface area contributed by atoms with Gasteiger partial charge in [-0.3, -0.25) is 4.90 Å². The van der Waals surface area contributed by atoms with E-state index in [2.05, 4.69) is 4.90 Å². The van der Waals surface area contributed by atoms with Crippen molar-refractivity contribution >= 4 is 0 Å². The molecule has 0 radical (unpaired) electrons. The van der Waals surface area contributed by atoms with Crippen molar-refractivity contribution in [3.05, 3.63) is 0 Å². The fraction of sp³-hybridized carbons (Fsp3) is 1.00. The topological polar surface area (TPSA) is 12.5 Å². The van der Waals surface area contributed by atoms with Crippen molar-refractivity contribution in [1.82, 2.24) is 4.90 Å². The van der Waals surface area contributed by atoms with Gasteiger partial charge in [0.1, 0.15) is 0 Å². The molecule has 2 heteroatoms. The SMILES string of the molecule is COC1CCC(N(C2CCCCC2)C2CCC3CCC4CCCC5CCC2C3C45)CC1. The van der Waals surface area contributed by atoms with E-state index in [1.165, 1.54) is 64.2 Å². The van der Waals surface area contributed by atoms with Gasteiger partial charge in [0, 0.05) is 25.2 Å². The van der Waals surface area contributed by atoms with Crippen molar-refractivity contribution in [2.75, 3.05) is 7.11 Å². The first kappa shape index (κ1) is 21.5. The molecule has 0 heterocycles. The van der Waals surface area contributed by atoms with Crippen molar-refractivity contribution in [3.8, 4) is 0 Å². The molecule has 2 nitrogen and oxygen atoms in total. The normalized spacial score (nSPS) is 48.4. The van der Waals surface area contributed by atoms with Crippen LogP contribution in [0.1, 0.15) is 116 Å². The first-order chi connectivity index (χ1) is 15.3. The van der Waals surface area contributed by atoms with Crippen LogP contribution in [0.2, 0.25) is 0 Å². The number of nitrogens with zero attached hydrogens (tertiary/aromatic N) is 1. The summed E-state index contributed by atoms with van der Waals surface area (Å²) in [5.74, 6) is 6.61. The van der Waals surface area contributed by atoms with Gasteiger partial charge in [0.05, 0.1) is 6.10 Å². The zero-order chi connectivity index (χ0) is 20.8. The minimum atomic E-state index is 0.539. The molecule has 0 N–H and O–H groups in total. The third-order valence-corrected chi connectivity index (χ3v) is 11.6. The smallest absolute Gasteiger partial charge is 0.0572 e. The minimum absolute atomic E-state index is 0.539. The van der Waals surface area contributed by atoms with Crippen LogP contribution < -0.4 is 0 Å². The summed E-state index contributed by atoms with van der Waals surface area (Å²) in [4.78, 5) is 3.25. The molecular weight excluding hydrogens is 378 g/mol. The maximum atomic E-state index is 5.77. The van der Waals surface area contributed by atoms with Crippen LogP contribution in [0.5, 0.6) is 0 Å². The van der Waals surface area contributed by atoms with E-state index in [4.69, 9.17) is 4.74 Å². The molecule has 0 amide bonds. The molecule has 0 saturated heterocycles. The first-order valence-electron chi connectivity index (χ1n) is 14.6. The standard InChI is InChI=1S/C29H49NO/c1-31-25-16-14-24(15-17-25)30(23-8-3-2-4-9-23)27-19-13-22-11-10-20-6-5-7-21-12-18-26(27)29(22)28(20)21/h20-29H,2-19H2,1H3. The summed E-state index contributed by atoms with van der Waals surface area (Å²) in [6, 6.07) is 2.69. The van der Waals surface area contributed by atoms with Crippen molar-refractivity contribution in [1.29, 1.82) is 0 Å². The van der Waals surface area contributed by atoms with E-state index in [1.54, 1.807) is 51.4 Å². The lowest BCUT2D eigenvalue weighted by Crippen LogP contribution is -2.61. The van der Waals surface area contributed by atoms with Crippen molar-refractivity contribution in [2.45, 2.75) is 140 Å². The maximum absolute atomic E-state index is 5.77. The predicted octanol–water partition coefficient (Wildman–Crippen LogP) is 7.21. The van der Waals surface area contributed by atoms with E-state index in [0.29, 0.717) is 6.10 Å². The second-order valence-electron chi connectivity index (χ2n) is 12.7. The summed E-state index contributed by atoms with van der Waals surface area (Å²) >= 11 is 0. The van der Waals surface area contributed by atoms with E-state index in [1.807, 2.05) is 7.11 Å². The van der Waals surface area contributed by atoms with Gasteiger partial charge < -0.3 is 4.74 Å². The molecule has 6 saturated carbocycles. The van der Waals surface area contributed by atoms with Crippen molar-refractivity contribution in [2.24, 2.45) is 35.5 Å². The summed E-state index contributed by atoms with van der Waals surface area (Å²) in [5, 5.41) is 0. The Kier molecular flexibility index (Phi) is 6.42. The Morgan fingerprint density at radius 2 is 1.13 bits per heavy atom. The molecule has 6 rings (SSSR count). The number of hydrogen-bond acceptors (Lipinski definition) is 2. The van der Waals surface area contributed by atoms with E-state index < -0.39 is 0 Å². The molecule has 6 aliphatic rings. The van der Waals surface area contributed by atoms with Crippen LogP contribution in [0, 0.1) is 35.5 Å². The number of ether oxygens (including phenoxy) is 1. The number of rotatable bonds is 4. The number of methoxy groups -OCH3 is 1. The Balaban J connectivity index is 1.27. The molecule has 7 atom stereocenters. The Morgan fingerprint density at radius 3 is 1.84 bits per heavy atom. The van der Waals surface area contributed by atoms with Crippen LogP contribution in [0.25, 0.3) is 0 Å². The van der Waals surface area contributed by atoms with Gasteiger partial charge in [-0.1, -0.05) is 38.5 Å². The lowest BCUT2D eigenvalue weighted by atomic mass is 9.47. The first-order valence-corrected chi connectivity index (χ1v) is 14.6. The largest absolute Gasteiger partial charge is 0.381 e. The Bertz CT molecular complexity index is 586. The number of hydrogen-bond donors (Lipinski definition) is 0.